The first-order valence-electron chi connectivity index (χ1n) is 6.90. The molecule has 1 N–H and O–H groups in total. The van der Waals surface area contributed by atoms with Gasteiger partial charge in [-0.05, 0) is 43.7 Å². The molecule has 0 saturated carbocycles. The number of hydrogen-bond donors (Lipinski definition) is 1. The number of nitrogens with zero attached hydrogens (tertiary/aromatic N) is 2. The van der Waals surface area contributed by atoms with Crippen LogP contribution in [0.5, 0.6) is 5.75 Å². The van der Waals surface area contributed by atoms with E-state index in [-0.39, 0.29) is 11.7 Å². The van der Waals surface area contributed by atoms with Crippen LogP contribution >= 0.6 is 0 Å². The average Bonchev–Trinajstić information content (AvgIpc) is 2.46. The topological polar surface area (TPSA) is 43.8 Å². The van der Waals surface area contributed by atoms with Crippen LogP contribution in [0.4, 0.5) is 0 Å². The zero-order valence-corrected chi connectivity index (χ0v) is 11.7. The molecule has 0 unspecified atom stereocenters. The molecule has 0 radical (unpaired) electrons. The summed E-state index contributed by atoms with van der Waals surface area (Å²) < 4.78 is 0. The second-order valence-corrected chi connectivity index (χ2v) is 5.13. The molecule has 0 bridgehead atoms. The van der Waals surface area contributed by atoms with E-state index in [1.807, 2.05) is 11.9 Å². The van der Waals surface area contributed by atoms with Crippen LogP contribution in [0, 0.1) is 0 Å². The number of rotatable bonds is 3. The molecule has 104 valence electrons. The Morgan fingerprint density at radius 2 is 1.89 bits per heavy atom. The molecule has 4 heteroatoms. The molecule has 1 fully saturated rings. The third-order valence-corrected chi connectivity index (χ3v) is 3.99. The van der Waals surface area contributed by atoms with E-state index in [1.165, 1.54) is 0 Å². The second-order valence-electron chi connectivity index (χ2n) is 5.13. The molecule has 1 aliphatic rings. The van der Waals surface area contributed by atoms with Crippen molar-refractivity contribution in [3.8, 4) is 5.75 Å². The quantitative estimate of drug-likeness (QED) is 0.905. The van der Waals surface area contributed by atoms with Crippen LogP contribution in [0.3, 0.4) is 0 Å². The number of piperidine rings is 1. The predicted octanol–water partition coefficient (Wildman–Crippen LogP) is 1.95. The van der Waals surface area contributed by atoms with E-state index >= 15 is 0 Å². The van der Waals surface area contributed by atoms with Gasteiger partial charge in [0.2, 0.25) is 0 Å². The highest BCUT2D eigenvalue weighted by molar-refractivity contribution is 5.94. The number of carbonyl (C=O) groups excluding carboxylic acids is 1. The summed E-state index contributed by atoms with van der Waals surface area (Å²) in [5, 5.41) is 9.25. The Bertz CT molecular complexity index is 422. The van der Waals surface area contributed by atoms with Crippen molar-refractivity contribution in [1.82, 2.24) is 9.80 Å². The number of amides is 1. The highest BCUT2D eigenvalue weighted by Crippen LogP contribution is 2.18. The van der Waals surface area contributed by atoms with E-state index in [1.54, 1.807) is 24.3 Å². The Labute approximate surface area is 114 Å². The van der Waals surface area contributed by atoms with Crippen LogP contribution in [-0.2, 0) is 0 Å². The minimum atomic E-state index is 0.0370. The Morgan fingerprint density at radius 3 is 2.42 bits per heavy atom. The van der Waals surface area contributed by atoms with Gasteiger partial charge >= 0.3 is 0 Å². The molecular formula is C15H22N2O2. The van der Waals surface area contributed by atoms with Crippen LogP contribution in [0.2, 0.25) is 0 Å². The van der Waals surface area contributed by atoms with Gasteiger partial charge in [-0.25, -0.2) is 0 Å². The number of hydrogen-bond acceptors (Lipinski definition) is 3. The molecule has 1 aliphatic heterocycles. The number of carbonyl (C=O) groups is 1. The number of benzene rings is 1. The fourth-order valence-corrected chi connectivity index (χ4v) is 2.60. The molecule has 1 amide bonds. The smallest absolute Gasteiger partial charge is 0.253 e. The molecule has 0 atom stereocenters. The zero-order chi connectivity index (χ0) is 13.8. The largest absolute Gasteiger partial charge is 0.508 e. The van der Waals surface area contributed by atoms with Crippen molar-refractivity contribution in [3.63, 3.8) is 0 Å². The molecule has 1 heterocycles. The van der Waals surface area contributed by atoms with Gasteiger partial charge in [0, 0.05) is 31.7 Å². The second kappa shape index (κ2) is 6.06. The maximum absolute atomic E-state index is 12.3. The van der Waals surface area contributed by atoms with E-state index in [9.17, 15) is 9.90 Å². The molecule has 19 heavy (non-hydrogen) atoms. The van der Waals surface area contributed by atoms with Gasteiger partial charge in [-0.2, -0.15) is 0 Å². The van der Waals surface area contributed by atoms with Crippen molar-refractivity contribution in [3.05, 3.63) is 29.8 Å². The van der Waals surface area contributed by atoms with E-state index < -0.39 is 0 Å². The SMILES string of the molecule is CCN1CCC(N(C)C(=O)c2ccc(O)cc2)CC1. The lowest BCUT2D eigenvalue weighted by Gasteiger charge is -2.36. The minimum absolute atomic E-state index is 0.0370. The van der Waals surface area contributed by atoms with Gasteiger partial charge in [0.15, 0.2) is 0 Å². The number of likely N-dealkylation sites (tertiary alicyclic amines) is 1. The fourth-order valence-electron chi connectivity index (χ4n) is 2.60. The Hall–Kier alpha value is -1.55. The van der Waals surface area contributed by atoms with Crippen LogP contribution in [0.25, 0.3) is 0 Å². The summed E-state index contributed by atoms with van der Waals surface area (Å²) in [4.78, 5) is 16.6. The first-order valence-corrected chi connectivity index (χ1v) is 6.90. The van der Waals surface area contributed by atoms with Crippen LogP contribution < -0.4 is 0 Å². The standard InChI is InChI=1S/C15H22N2O2/c1-3-17-10-8-13(9-11-17)16(2)15(19)12-4-6-14(18)7-5-12/h4-7,13,18H,3,8-11H2,1-2H3. The lowest BCUT2D eigenvalue weighted by Crippen LogP contribution is -2.45. The molecule has 1 aromatic carbocycles. The first-order chi connectivity index (χ1) is 9.11. The number of phenolic OH excluding ortho intramolecular Hbond substituents is 1. The van der Waals surface area contributed by atoms with Gasteiger partial charge in [0.1, 0.15) is 5.75 Å². The molecule has 0 spiro atoms. The molecule has 1 aromatic rings. The summed E-state index contributed by atoms with van der Waals surface area (Å²) in [5.41, 5.74) is 0.637. The summed E-state index contributed by atoms with van der Waals surface area (Å²) in [6.45, 7) is 5.39. The predicted molar refractivity (Wildman–Crippen MR) is 75.3 cm³/mol. The van der Waals surface area contributed by atoms with Crippen LogP contribution in [0.15, 0.2) is 24.3 Å². The van der Waals surface area contributed by atoms with E-state index in [0.29, 0.717) is 11.6 Å². The van der Waals surface area contributed by atoms with Crippen molar-refractivity contribution in [1.29, 1.82) is 0 Å². The Kier molecular flexibility index (Phi) is 4.43. The normalized spacial score (nSPS) is 17.4. The van der Waals surface area contributed by atoms with E-state index in [2.05, 4.69) is 11.8 Å². The van der Waals surface area contributed by atoms with Crippen molar-refractivity contribution in [2.75, 3.05) is 26.7 Å². The van der Waals surface area contributed by atoms with Crippen LogP contribution in [0.1, 0.15) is 30.1 Å². The molecule has 1 saturated heterocycles. The molecule has 0 aliphatic carbocycles. The maximum Gasteiger partial charge on any atom is 0.253 e. The molecule has 2 rings (SSSR count). The van der Waals surface area contributed by atoms with Gasteiger partial charge in [0.25, 0.3) is 5.91 Å². The molecular weight excluding hydrogens is 240 g/mol. The number of aromatic hydroxyl groups is 1. The molecule has 4 nitrogen and oxygen atoms in total. The van der Waals surface area contributed by atoms with Gasteiger partial charge in [-0.3, -0.25) is 4.79 Å². The Morgan fingerprint density at radius 1 is 1.32 bits per heavy atom. The molecule has 0 aromatic heterocycles. The average molecular weight is 262 g/mol. The van der Waals surface area contributed by atoms with Gasteiger partial charge < -0.3 is 14.9 Å². The van der Waals surface area contributed by atoms with Crippen molar-refractivity contribution >= 4 is 5.91 Å². The third kappa shape index (κ3) is 3.26. The van der Waals surface area contributed by atoms with Crippen molar-refractivity contribution in [2.24, 2.45) is 0 Å². The zero-order valence-electron chi connectivity index (χ0n) is 11.7. The summed E-state index contributed by atoms with van der Waals surface area (Å²) in [6, 6.07) is 6.79. The van der Waals surface area contributed by atoms with Crippen molar-refractivity contribution in [2.45, 2.75) is 25.8 Å². The van der Waals surface area contributed by atoms with Gasteiger partial charge in [0.05, 0.1) is 0 Å². The fraction of sp³-hybridized carbons (Fsp3) is 0.533. The van der Waals surface area contributed by atoms with Gasteiger partial charge in [-0.15, -0.1) is 0 Å². The first kappa shape index (κ1) is 13.9. The maximum atomic E-state index is 12.3. The highest BCUT2D eigenvalue weighted by Gasteiger charge is 2.25. The summed E-state index contributed by atoms with van der Waals surface area (Å²) in [6.07, 6.45) is 2.07. The minimum Gasteiger partial charge on any atom is -0.508 e. The number of phenols is 1. The third-order valence-electron chi connectivity index (χ3n) is 3.99. The summed E-state index contributed by atoms with van der Waals surface area (Å²) >= 11 is 0. The van der Waals surface area contributed by atoms with Crippen molar-refractivity contribution < 1.29 is 9.90 Å². The van der Waals surface area contributed by atoms with Crippen LogP contribution in [-0.4, -0.2) is 53.5 Å². The monoisotopic (exact) mass is 262 g/mol. The summed E-state index contributed by atoms with van der Waals surface area (Å²) in [7, 11) is 1.88. The highest BCUT2D eigenvalue weighted by atomic mass is 16.3. The van der Waals surface area contributed by atoms with E-state index in [0.717, 1.165) is 32.5 Å². The Balaban J connectivity index is 1.98. The van der Waals surface area contributed by atoms with Gasteiger partial charge in [-0.1, -0.05) is 6.92 Å². The lowest BCUT2D eigenvalue weighted by atomic mass is 10.0. The summed E-state index contributed by atoms with van der Waals surface area (Å²) in [5.74, 6) is 0.227. The van der Waals surface area contributed by atoms with E-state index in [4.69, 9.17) is 0 Å². The lowest BCUT2D eigenvalue weighted by molar-refractivity contribution is 0.0647.